The van der Waals surface area contributed by atoms with Gasteiger partial charge in [0.05, 0.1) is 5.69 Å². The number of aromatic nitrogens is 2. The summed E-state index contributed by atoms with van der Waals surface area (Å²) in [7, 11) is 0. The van der Waals surface area contributed by atoms with E-state index in [1.54, 1.807) is 0 Å². The molecule has 1 fully saturated rings. The lowest BCUT2D eigenvalue weighted by Gasteiger charge is -2.36. The minimum atomic E-state index is 0.911. The molecule has 0 atom stereocenters. The van der Waals surface area contributed by atoms with E-state index < -0.39 is 0 Å². The first-order chi connectivity index (χ1) is 14.3. The van der Waals surface area contributed by atoms with Gasteiger partial charge in [0.25, 0.3) is 0 Å². The second-order valence-electron chi connectivity index (χ2n) is 8.18. The van der Waals surface area contributed by atoms with Crippen LogP contribution >= 0.6 is 0 Å². The van der Waals surface area contributed by atoms with Crippen molar-refractivity contribution in [1.29, 1.82) is 0 Å². The molecule has 2 aromatic carbocycles. The topological polar surface area (TPSA) is 32.3 Å². The Morgan fingerprint density at radius 2 is 1.41 bits per heavy atom. The van der Waals surface area contributed by atoms with Crippen LogP contribution in [-0.4, -0.2) is 36.1 Å². The first-order valence-electron chi connectivity index (χ1n) is 10.8. The van der Waals surface area contributed by atoms with Gasteiger partial charge in [-0.25, -0.2) is 9.97 Å². The third-order valence-corrected chi connectivity index (χ3v) is 6.18. The first kappa shape index (κ1) is 18.2. The average Bonchev–Trinajstić information content (AvgIpc) is 2.80. The second kappa shape index (κ2) is 7.86. The standard InChI is InChI=1S/C25H28N4/c1-19-11-13-20(14-12-19)24-22-9-5-6-10-23(22)26-25(27-24)29-17-15-28(16-18-29)21-7-3-2-4-8-21/h2-4,7-8,11-14H,5-6,9-10,15-18H2,1H3. The number of piperazine rings is 1. The molecule has 1 aliphatic heterocycles. The quantitative estimate of drug-likeness (QED) is 0.658. The lowest BCUT2D eigenvalue weighted by atomic mass is 9.92. The van der Waals surface area contributed by atoms with E-state index in [0.29, 0.717) is 0 Å². The smallest absolute Gasteiger partial charge is 0.226 e. The molecule has 4 heteroatoms. The van der Waals surface area contributed by atoms with Crippen molar-refractivity contribution in [3.05, 3.63) is 71.4 Å². The molecule has 2 heterocycles. The van der Waals surface area contributed by atoms with E-state index >= 15 is 0 Å². The molecule has 0 N–H and O–H groups in total. The van der Waals surface area contributed by atoms with Gasteiger partial charge in [0.2, 0.25) is 5.95 Å². The van der Waals surface area contributed by atoms with Crippen molar-refractivity contribution in [2.24, 2.45) is 0 Å². The van der Waals surface area contributed by atoms with E-state index in [1.165, 1.54) is 40.9 Å². The van der Waals surface area contributed by atoms with Crippen molar-refractivity contribution in [1.82, 2.24) is 9.97 Å². The first-order valence-corrected chi connectivity index (χ1v) is 10.8. The molecule has 2 aliphatic rings. The molecule has 0 spiro atoms. The van der Waals surface area contributed by atoms with Crippen LogP contribution in [0.5, 0.6) is 0 Å². The molecule has 29 heavy (non-hydrogen) atoms. The van der Waals surface area contributed by atoms with Crippen LogP contribution in [0.4, 0.5) is 11.6 Å². The minimum Gasteiger partial charge on any atom is -0.368 e. The highest BCUT2D eigenvalue weighted by Gasteiger charge is 2.24. The van der Waals surface area contributed by atoms with Crippen molar-refractivity contribution in [2.75, 3.05) is 36.0 Å². The number of hydrogen-bond acceptors (Lipinski definition) is 4. The molecule has 148 valence electrons. The highest BCUT2D eigenvalue weighted by molar-refractivity contribution is 5.66. The summed E-state index contributed by atoms with van der Waals surface area (Å²) < 4.78 is 0. The SMILES string of the molecule is Cc1ccc(-c2nc(N3CCN(c4ccccc4)CC3)nc3c2CCCC3)cc1. The number of anilines is 2. The van der Waals surface area contributed by atoms with Crippen LogP contribution in [0.25, 0.3) is 11.3 Å². The summed E-state index contributed by atoms with van der Waals surface area (Å²) >= 11 is 0. The molecule has 3 aromatic rings. The van der Waals surface area contributed by atoms with Gasteiger partial charge in [0, 0.05) is 48.7 Å². The second-order valence-corrected chi connectivity index (χ2v) is 8.18. The van der Waals surface area contributed by atoms with Crippen molar-refractivity contribution in [2.45, 2.75) is 32.6 Å². The van der Waals surface area contributed by atoms with Crippen LogP contribution in [-0.2, 0) is 12.8 Å². The molecule has 0 bridgehead atoms. The summed E-state index contributed by atoms with van der Waals surface area (Å²) in [5.41, 5.74) is 7.59. The monoisotopic (exact) mass is 384 g/mol. The Morgan fingerprint density at radius 3 is 2.17 bits per heavy atom. The van der Waals surface area contributed by atoms with Crippen LogP contribution in [0.15, 0.2) is 54.6 Å². The molecule has 5 rings (SSSR count). The zero-order valence-electron chi connectivity index (χ0n) is 17.1. The zero-order valence-corrected chi connectivity index (χ0v) is 17.1. The Morgan fingerprint density at radius 1 is 0.724 bits per heavy atom. The van der Waals surface area contributed by atoms with Crippen LogP contribution in [0.1, 0.15) is 29.7 Å². The molecular formula is C25H28N4. The van der Waals surface area contributed by atoms with Gasteiger partial charge in [-0.1, -0.05) is 48.0 Å². The van der Waals surface area contributed by atoms with E-state index in [2.05, 4.69) is 71.3 Å². The van der Waals surface area contributed by atoms with E-state index in [-0.39, 0.29) is 0 Å². The maximum absolute atomic E-state index is 5.10. The predicted molar refractivity (Wildman–Crippen MR) is 120 cm³/mol. The van der Waals surface area contributed by atoms with Gasteiger partial charge in [-0.2, -0.15) is 0 Å². The Kier molecular flexibility index (Phi) is 4.92. The molecule has 1 saturated heterocycles. The van der Waals surface area contributed by atoms with Crippen molar-refractivity contribution < 1.29 is 0 Å². The summed E-state index contributed by atoms with van der Waals surface area (Å²) in [5.74, 6) is 0.911. The Bertz CT molecular complexity index is 974. The molecule has 0 radical (unpaired) electrons. The van der Waals surface area contributed by atoms with Gasteiger partial charge in [0.1, 0.15) is 0 Å². The Hall–Kier alpha value is -2.88. The fourth-order valence-corrected chi connectivity index (χ4v) is 4.48. The van der Waals surface area contributed by atoms with Gasteiger partial charge in [-0.15, -0.1) is 0 Å². The molecule has 4 nitrogen and oxygen atoms in total. The number of para-hydroxylation sites is 1. The Labute approximate surface area is 173 Å². The molecule has 0 unspecified atom stereocenters. The number of fused-ring (bicyclic) bond motifs is 1. The van der Waals surface area contributed by atoms with Gasteiger partial charge in [-0.3, -0.25) is 0 Å². The maximum Gasteiger partial charge on any atom is 0.226 e. The summed E-state index contributed by atoms with van der Waals surface area (Å²) in [6.45, 7) is 6.06. The fraction of sp³-hybridized carbons (Fsp3) is 0.360. The summed E-state index contributed by atoms with van der Waals surface area (Å²) in [4.78, 5) is 15.0. The zero-order chi connectivity index (χ0) is 19.6. The van der Waals surface area contributed by atoms with Gasteiger partial charge in [0.15, 0.2) is 0 Å². The van der Waals surface area contributed by atoms with Gasteiger partial charge < -0.3 is 9.80 Å². The third kappa shape index (κ3) is 3.71. The van der Waals surface area contributed by atoms with E-state index in [0.717, 1.165) is 50.7 Å². The number of benzene rings is 2. The van der Waals surface area contributed by atoms with Crippen molar-refractivity contribution in [3.8, 4) is 11.3 Å². The van der Waals surface area contributed by atoms with E-state index in [1.807, 2.05) is 0 Å². The summed E-state index contributed by atoms with van der Waals surface area (Å²) in [5, 5.41) is 0. The lowest BCUT2D eigenvalue weighted by molar-refractivity contribution is 0.626. The van der Waals surface area contributed by atoms with Gasteiger partial charge in [-0.05, 0) is 44.7 Å². The molecule has 1 aromatic heterocycles. The average molecular weight is 385 g/mol. The largest absolute Gasteiger partial charge is 0.368 e. The van der Waals surface area contributed by atoms with Gasteiger partial charge >= 0.3 is 0 Å². The number of aryl methyl sites for hydroxylation is 2. The van der Waals surface area contributed by atoms with Crippen LogP contribution in [0.3, 0.4) is 0 Å². The highest BCUT2D eigenvalue weighted by Crippen LogP contribution is 2.31. The van der Waals surface area contributed by atoms with E-state index in [4.69, 9.17) is 9.97 Å². The fourth-order valence-electron chi connectivity index (χ4n) is 4.48. The number of hydrogen-bond donors (Lipinski definition) is 0. The normalized spacial score (nSPS) is 16.6. The van der Waals surface area contributed by atoms with Crippen LogP contribution in [0, 0.1) is 6.92 Å². The molecule has 1 aliphatic carbocycles. The maximum atomic E-state index is 5.10. The number of rotatable bonds is 3. The van der Waals surface area contributed by atoms with E-state index in [9.17, 15) is 0 Å². The van der Waals surface area contributed by atoms with Crippen LogP contribution in [0.2, 0.25) is 0 Å². The Balaban J connectivity index is 1.43. The third-order valence-electron chi connectivity index (χ3n) is 6.18. The van der Waals surface area contributed by atoms with Crippen LogP contribution < -0.4 is 9.80 Å². The number of nitrogens with zero attached hydrogens (tertiary/aromatic N) is 4. The van der Waals surface area contributed by atoms with Crippen molar-refractivity contribution in [3.63, 3.8) is 0 Å². The molecular weight excluding hydrogens is 356 g/mol. The molecule has 0 saturated carbocycles. The molecule has 0 amide bonds. The summed E-state index contributed by atoms with van der Waals surface area (Å²) in [6.07, 6.45) is 4.65. The highest BCUT2D eigenvalue weighted by atomic mass is 15.3. The lowest BCUT2D eigenvalue weighted by Crippen LogP contribution is -2.47. The van der Waals surface area contributed by atoms with Crippen molar-refractivity contribution >= 4 is 11.6 Å². The summed E-state index contributed by atoms with van der Waals surface area (Å²) in [6, 6.07) is 19.5. The minimum absolute atomic E-state index is 0.911. The predicted octanol–water partition coefficient (Wildman–Crippen LogP) is 4.66.